The summed E-state index contributed by atoms with van der Waals surface area (Å²) in [6.45, 7) is 2.43. The number of aromatic nitrogens is 2. The van der Waals surface area contributed by atoms with Crippen molar-refractivity contribution in [2.45, 2.75) is 25.3 Å². The number of hydrogen-bond acceptors (Lipinski definition) is 5. The molecular formula is C18H21ClN4O3S. The van der Waals surface area contributed by atoms with Gasteiger partial charge in [-0.2, -0.15) is 5.10 Å². The number of rotatable bonds is 4. The number of nitrogens with one attached hydrogen (secondary N) is 1. The van der Waals surface area contributed by atoms with Crippen LogP contribution in [0.15, 0.2) is 24.4 Å². The first-order valence-corrected chi connectivity index (χ1v) is 10.3. The van der Waals surface area contributed by atoms with Crippen LogP contribution in [0.2, 0.25) is 4.34 Å². The van der Waals surface area contributed by atoms with Crippen molar-refractivity contribution >= 4 is 40.6 Å². The van der Waals surface area contributed by atoms with Gasteiger partial charge in [0.25, 0.3) is 5.91 Å². The number of piperidine rings is 1. The molecule has 0 bridgehead atoms. The Labute approximate surface area is 166 Å². The van der Waals surface area contributed by atoms with E-state index >= 15 is 0 Å². The summed E-state index contributed by atoms with van der Waals surface area (Å²) in [5, 5.41) is 7.38. The van der Waals surface area contributed by atoms with E-state index in [1.54, 1.807) is 18.3 Å². The van der Waals surface area contributed by atoms with E-state index in [4.69, 9.17) is 16.3 Å². The molecule has 2 fully saturated rings. The Morgan fingerprint density at radius 1 is 1.22 bits per heavy atom. The van der Waals surface area contributed by atoms with E-state index in [2.05, 4.69) is 10.4 Å². The predicted octanol–water partition coefficient (Wildman–Crippen LogP) is 3.05. The molecule has 1 N–H and O–H groups in total. The number of carbonyl (C=O) groups is 2. The number of nitrogens with zero attached hydrogens (tertiary/aromatic N) is 3. The fourth-order valence-corrected chi connectivity index (χ4v) is 4.58. The van der Waals surface area contributed by atoms with Crippen LogP contribution < -0.4 is 5.32 Å². The van der Waals surface area contributed by atoms with Gasteiger partial charge in [0.15, 0.2) is 0 Å². The zero-order chi connectivity index (χ0) is 18.8. The molecule has 2 amide bonds. The van der Waals surface area contributed by atoms with Gasteiger partial charge in [0.2, 0.25) is 5.91 Å². The lowest BCUT2D eigenvalue weighted by Crippen LogP contribution is -2.39. The first-order valence-electron chi connectivity index (χ1n) is 9.08. The summed E-state index contributed by atoms with van der Waals surface area (Å²) in [4.78, 5) is 27.4. The minimum absolute atomic E-state index is 0.0172. The monoisotopic (exact) mass is 408 g/mol. The Morgan fingerprint density at radius 2 is 2.04 bits per heavy atom. The van der Waals surface area contributed by atoms with Crippen molar-refractivity contribution in [2.75, 3.05) is 31.6 Å². The third-order valence-electron chi connectivity index (χ3n) is 5.10. The van der Waals surface area contributed by atoms with Gasteiger partial charge in [0.1, 0.15) is 5.82 Å². The van der Waals surface area contributed by atoms with Crippen LogP contribution in [0, 0.1) is 5.92 Å². The minimum Gasteiger partial charge on any atom is -0.381 e. The maximum absolute atomic E-state index is 12.6. The van der Waals surface area contributed by atoms with Crippen LogP contribution in [-0.4, -0.2) is 52.8 Å². The van der Waals surface area contributed by atoms with Gasteiger partial charge in [-0.05, 0) is 31.4 Å². The lowest BCUT2D eigenvalue weighted by Gasteiger charge is -2.32. The van der Waals surface area contributed by atoms with Crippen LogP contribution >= 0.6 is 22.9 Å². The van der Waals surface area contributed by atoms with Crippen LogP contribution in [0.1, 0.15) is 35.0 Å². The summed E-state index contributed by atoms with van der Waals surface area (Å²) in [6, 6.07) is 5.50. The normalized spacial score (nSPS) is 20.8. The summed E-state index contributed by atoms with van der Waals surface area (Å²) < 4.78 is 7.78. The molecule has 0 unspecified atom stereocenters. The average Bonchev–Trinajstić information content (AvgIpc) is 3.43. The Kier molecular flexibility index (Phi) is 5.47. The second-order valence-electron chi connectivity index (χ2n) is 6.84. The molecule has 4 rings (SSSR count). The maximum atomic E-state index is 12.6. The second-order valence-corrected chi connectivity index (χ2v) is 8.55. The molecule has 1 atom stereocenters. The van der Waals surface area contributed by atoms with Gasteiger partial charge in [0.05, 0.1) is 34.0 Å². The van der Waals surface area contributed by atoms with Gasteiger partial charge in [0, 0.05) is 25.8 Å². The molecule has 2 aromatic heterocycles. The Bertz CT molecular complexity index is 822. The lowest BCUT2D eigenvalue weighted by atomic mass is 10.0. The first kappa shape index (κ1) is 18.5. The number of hydrogen-bond donors (Lipinski definition) is 1. The standard InChI is InChI=1S/C18H21ClN4O3S/c19-15-2-1-14(27-15)18(25)22-8-4-13(5-9-22)23-16(3-7-20-23)21-17(24)12-6-10-26-11-12/h1-3,7,12-13H,4-6,8-11H2,(H,21,24)/t12-/m1/s1. The summed E-state index contributed by atoms with van der Waals surface area (Å²) in [5.74, 6) is 0.629. The molecule has 2 saturated heterocycles. The van der Waals surface area contributed by atoms with Crippen LogP contribution in [0.3, 0.4) is 0 Å². The molecule has 0 aliphatic carbocycles. The molecule has 0 spiro atoms. The molecule has 0 radical (unpaired) electrons. The van der Waals surface area contributed by atoms with E-state index in [0.717, 1.165) is 19.3 Å². The quantitative estimate of drug-likeness (QED) is 0.843. The number of likely N-dealkylation sites (tertiary alicyclic amines) is 1. The van der Waals surface area contributed by atoms with Gasteiger partial charge in [-0.1, -0.05) is 11.6 Å². The van der Waals surface area contributed by atoms with E-state index in [-0.39, 0.29) is 23.8 Å². The fraction of sp³-hybridized carbons (Fsp3) is 0.500. The topological polar surface area (TPSA) is 76.5 Å². The number of amides is 2. The van der Waals surface area contributed by atoms with E-state index < -0.39 is 0 Å². The molecule has 144 valence electrons. The molecule has 0 saturated carbocycles. The molecule has 9 heteroatoms. The zero-order valence-electron chi connectivity index (χ0n) is 14.8. The maximum Gasteiger partial charge on any atom is 0.263 e. The third-order valence-corrected chi connectivity index (χ3v) is 6.32. The first-order chi connectivity index (χ1) is 13.1. The van der Waals surface area contributed by atoms with Gasteiger partial charge < -0.3 is 15.0 Å². The van der Waals surface area contributed by atoms with Gasteiger partial charge in [-0.25, -0.2) is 4.68 Å². The Hall–Kier alpha value is -1.90. The number of carbonyl (C=O) groups excluding carboxylic acids is 2. The molecule has 7 nitrogen and oxygen atoms in total. The largest absolute Gasteiger partial charge is 0.381 e. The second kappa shape index (κ2) is 8.00. The number of ether oxygens (including phenoxy) is 1. The highest BCUT2D eigenvalue weighted by Crippen LogP contribution is 2.29. The van der Waals surface area contributed by atoms with Crippen LogP contribution in [-0.2, 0) is 9.53 Å². The molecule has 4 heterocycles. The average molecular weight is 409 g/mol. The molecular weight excluding hydrogens is 388 g/mol. The van der Waals surface area contributed by atoms with Crippen molar-refractivity contribution < 1.29 is 14.3 Å². The van der Waals surface area contributed by atoms with E-state index in [0.29, 0.717) is 41.3 Å². The number of halogens is 1. The summed E-state index contributed by atoms with van der Waals surface area (Å²) in [7, 11) is 0. The van der Waals surface area contributed by atoms with Crippen molar-refractivity contribution in [1.82, 2.24) is 14.7 Å². The van der Waals surface area contributed by atoms with E-state index in [1.165, 1.54) is 11.3 Å². The SMILES string of the molecule is O=C(Nc1ccnn1C1CCN(C(=O)c2ccc(Cl)s2)CC1)[C@@H]1CCOC1. The number of thiophene rings is 1. The highest BCUT2D eigenvalue weighted by molar-refractivity contribution is 7.17. The van der Waals surface area contributed by atoms with Crippen LogP contribution in [0.4, 0.5) is 5.82 Å². The van der Waals surface area contributed by atoms with E-state index in [1.807, 2.05) is 15.6 Å². The summed E-state index contributed by atoms with van der Waals surface area (Å²) in [5.41, 5.74) is 0. The predicted molar refractivity (Wildman–Crippen MR) is 103 cm³/mol. The number of anilines is 1. The zero-order valence-corrected chi connectivity index (χ0v) is 16.3. The lowest BCUT2D eigenvalue weighted by molar-refractivity contribution is -0.119. The van der Waals surface area contributed by atoms with Crippen molar-refractivity contribution in [2.24, 2.45) is 5.92 Å². The molecule has 2 aromatic rings. The molecule has 0 aromatic carbocycles. The highest BCUT2D eigenvalue weighted by Gasteiger charge is 2.28. The minimum atomic E-state index is -0.0922. The van der Waals surface area contributed by atoms with Crippen LogP contribution in [0.25, 0.3) is 0 Å². The highest BCUT2D eigenvalue weighted by atomic mass is 35.5. The van der Waals surface area contributed by atoms with Gasteiger partial charge >= 0.3 is 0 Å². The molecule has 27 heavy (non-hydrogen) atoms. The van der Waals surface area contributed by atoms with Crippen molar-refractivity contribution in [3.05, 3.63) is 33.6 Å². The smallest absolute Gasteiger partial charge is 0.263 e. The van der Waals surface area contributed by atoms with Crippen molar-refractivity contribution in [1.29, 1.82) is 0 Å². The van der Waals surface area contributed by atoms with E-state index in [9.17, 15) is 9.59 Å². The fourth-order valence-electron chi connectivity index (χ4n) is 3.57. The van der Waals surface area contributed by atoms with Gasteiger partial charge in [-0.15, -0.1) is 11.3 Å². The van der Waals surface area contributed by atoms with Crippen molar-refractivity contribution in [3.63, 3.8) is 0 Å². The Morgan fingerprint density at radius 3 is 2.70 bits per heavy atom. The van der Waals surface area contributed by atoms with Crippen LogP contribution in [0.5, 0.6) is 0 Å². The summed E-state index contributed by atoms with van der Waals surface area (Å²) in [6.07, 6.45) is 4.04. The third kappa shape index (κ3) is 4.02. The molecule has 2 aliphatic heterocycles. The molecule has 2 aliphatic rings. The van der Waals surface area contributed by atoms with Crippen molar-refractivity contribution in [3.8, 4) is 0 Å². The van der Waals surface area contributed by atoms with Gasteiger partial charge in [-0.3, -0.25) is 9.59 Å². The Balaban J connectivity index is 1.36. The summed E-state index contributed by atoms with van der Waals surface area (Å²) >= 11 is 7.24.